The van der Waals surface area contributed by atoms with Crippen LogP contribution < -0.4 is 0 Å². The Morgan fingerprint density at radius 1 is 0.926 bits per heavy atom. The summed E-state index contributed by atoms with van der Waals surface area (Å²) in [6.45, 7) is 5.89. The van der Waals surface area contributed by atoms with Gasteiger partial charge in [0.25, 0.3) is 0 Å². The molecule has 5 heteroatoms. The van der Waals surface area contributed by atoms with Gasteiger partial charge in [0.15, 0.2) is 0 Å². The summed E-state index contributed by atoms with van der Waals surface area (Å²) >= 11 is 0. The maximum atomic E-state index is 11.6. The molecule has 5 nitrogen and oxygen atoms in total. The van der Waals surface area contributed by atoms with Crippen molar-refractivity contribution in [3.63, 3.8) is 0 Å². The third-order valence-electron chi connectivity index (χ3n) is 4.77. The lowest BCUT2D eigenvalue weighted by Gasteiger charge is -2.39. The van der Waals surface area contributed by atoms with Gasteiger partial charge in [0.1, 0.15) is 11.9 Å². The maximum Gasteiger partial charge on any atom is 0.139 e. The van der Waals surface area contributed by atoms with E-state index in [1.807, 2.05) is 57.2 Å². The van der Waals surface area contributed by atoms with Crippen molar-refractivity contribution in [3.8, 4) is 17.2 Å². The van der Waals surface area contributed by atoms with E-state index < -0.39 is 11.0 Å². The average molecular weight is 358 g/mol. The quantitative estimate of drug-likeness (QED) is 0.765. The van der Waals surface area contributed by atoms with Gasteiger partial charge in [-0.2, -0.15) is 5.26 Å². The van der Waals surface area contributed by atoms with Gasteiger partial charge in [-0.3, -0.25) is 4.98 Å². The van der Waals surface area contributed by atoms with Gasteiger partial charge in [0.2, 0.25) is 0 Å². The number of aliphatic hydroxyl groups is 1. The number of rotatable bonds is 4. The number of pyridine rings is 1. The molecule has 2 aromatic heterocycles. The fraction of sp³-hybridized carbons (Fsp3) is 0.273. The molecule has 3 rings (SSSR count). The molecule has 1 aromatic carbocycles. The zero-order valence-electron chi connectivity index (χ0n) is 15.7. The van der Waals surface area contributed by atoms with Crippen LogP contribution in [0.3, 0.4) is 0 Å². The third kappa shape index (κ3) is 3.57. The van der Waals surface area contributed by atoms with Crippen molar-refractivity contribution < 1.29 is 5.11 Å². The molecule has 0 radical (unpaired) electrons. The molecule has 1 N–H and O–H groups in total. The molecule has 1 unspecified atom stereocenters. The number of nitrogens with zero attached hydrogens (tertiary/aromatic N) is 4. The Hall–Kier alpha value is -3.10. The number of nitriles is 1. The summed E-state index contributed by atoms with van der Waals surface area (Å²) in [6.07, 6.45) is 6.85. The normalized spacial score (nSPS) is 13.6. The van der Waals surface area contributed by atoms with Gasteiger partial charge in [0, 0.05) is 35.1 Å². The smallest absolute Gasteiger partial charge is 0.139 e. The molecule has 0 aliphatic rings. The van der Waals surface area contributed by atoms with Crippen LogP contribution in [0.5, 0.6) is 0 Å². The second kappa shape index (κ2) is 7.26. The van der Waals surface area contributed by atoms with Crippen LogP contribution in [-0.2, 0) is 12.0 Å². The largest absolute Gasteiger partial charge is 0.378 e. The molecular formula is C22H22N4O. The predicted molar refractivity (Wildman–Crippen MR) is 103 cm³/mol. The molecule has 0 aliphatic carbocycles. The SMILES string of the molecule is CC(C)(C)C(O)(c1cncnc1)c1ccc(-c2ccc(CC#N)cc2)cn1. The van der Waals surface area contributed by atoms with E-state index in [4.69, 9.17) is 5.26 Å². The van der Waals surface area contributed by atoms with Crippen molar-refractivity contribution in [2.45, 2.75) is 32.8 Å². The number of benzene rings is 1. The van der Waals surface area contributed by atoms with Gasteiger partial charge in [-0.05, 0) is 17.2 Å². The van der Waals surface area contributed by atoms with Crippen LogP contribution in [0.2, 0.25) is 0 Å². The van der Waals surface area contributed by atoms with Crippen molar-refractivity contribution >= 4 is 0 Å². The zero-order valence-corrected chi connectivity index (χ0v) is 15.7. The standard InChI is InChI=1S/C22H22N4O/c1-21(2,3)22(27,19-13-24-15-25-14-19)20-9-8-18(12-26-20)17-6-4-16(5-7-17)10-11-23/h4-9,12-15,27H,10H2,1-3H3. The van der Waals surface area contributed by atoms with E-state index in [0.29, 0.717) is 17.7 Å². The van der Waals surface area contributed by atoms with E-state index in [0.717, 1.165) is 16.7 Å². The molecule has 27 heavy (non-hydrogen) atoms. The highest BCUT2D eigenvalue weighted by molar-refractivity contribution is 5.63. The van der Waals surface area contributed by atoms with Crippen LogP contribution in [0.4, 0.5) is 0 Å². The van der Waals surface area contributed by atoms with Crippen molar-refractivity contribution in [1.29, 1.82) is 5.26 Å². The fourth-order valence-electron chi connectivity index (χ4n) is 3.14. The highest BCUT2D eigenvalue weighted by Gasteiger charge is 2.45. The fourth-order valence-corrected chi connectivity index (χ4v) is 3.14. The molecule has 0 saturated carbocycles. The van der Waals surface area contributed by atoms with E-state index in [9.17, 15) is 5.11 Å². The van der Waals surface area contributed by atoms with Crippen LogP contribution in [-0.4, -0.2) is 20.1 Å². The average Bonchev–Trinajstić information content (AvgIpc) is 2.68. The lowest BCUT2D eigenvalue weighted by atomic mass is 9.70. The minimum Gasteiger partial charge on any atom is -0.378 e. The summed E-state index contributed by atoms with van der Waals surface area (Å²) in [5, 5.41) is 20.4. The summed E-state index contributed by atoms with van der Waals surface area (Å²) in [4.78, 5) is 12.7. The van der Waals surface area contributed by atoms with E-state index in [1.54, 1.807) is 18.6 Å². The second-order valence-electron chi connectivity index (χ2n) is 7.55. The highest BCUT2D eigenvalue weighted by atomic mass is 16.3. The maximum absolute atomic E-state index is 11.6. The molecule has 0 fully saturated rings. The van der Waals surface area contributed by atoms with Gasteiger partial charge < -0.3 is 5.11 Å². The first-order valence-electron chi connectivity index (χ1n) is 8.77. The van der Waals surface area contributed by atoms with E-state index >= 15 is 0 Å². The number of aromatic nitrogens is 3. The molecule has 2 heterocycles. The van der Waals surface area contributed by atoms with Gasteiger partial charge in [0.05, 0.1) is 18.2 Å². The highest BCUT2D eigenvalue weighted by Crippen LogP contribution is 2.43. The van der Waals surface area contributed by atoms with Crippen LogP contribution in [0.25, 0.3) is 11.1 Å². The van der Waals surface area contributed by atoms with Crippen LogP contribution in [0, 0.1) is 16.7 Å². The van der Waals surface area contributed by atoms with Crippen molar-refractivity contribution in [3.05, 3.63) is 78.1 Å². The lowest BCUT2D eigenvalue weighted by molar-refractivity contribution is -0.0301. The molecule has 1 atom stereocenters. The van der Waals surface area contributed by atoms with Gasteiger partial charge in [-0.25, -0.2) is 9.97 Å². The Morgan fingerprint density at radius 2 is 1.56 bits per heavy atom. The van der Waals surface area contributed by atoms with Gasteiger partial charge in [-0.15, -0.1) is 0 Å². The summed E-state index contributed by atoms with van der Waals surface area (Å²) in [6, 6.07) is 13.8. The third-order valence-corrected chi connectivity index (χ3v) is 4.77. The van der Waals surface area contributed by atoms with E-state index in [1.165, 1.54) is 6.33 Å². The van der Waals surface area contributed by atoms with Crippen molar-refractivity contribution in [2.75, 3.05) is 0 Å². The predicted octanol–water partition coefficient (Wildman–Crippen LogP) is 3.89. The number of hydrogen-bond acceptors (Lipinski definition) is 5. The molecule has 0 spiro atoms. The Labute approximate surface area is 159 Å². The van der Waals surface area contributed by atoms with Crippen LogP contribution >= 0.6 is 0 Å². The Bertz CT molecular complexity index is 939. The molecule has 0 aliphatic heterocycles. The topological polar surface area (TPSA) is 82.7 Å². The summed E-state index contributed by atoms with van der Waals surface area (Å²) in [5.41, 5.74) is 2.28. The Balaban J connectivity index is 1.98. The Morgan fingerprint density at radius 3 is 2.07 bits per heavy atom. The van der Waals surface area contributed by atoms with E-state index in [-0.39, 0.29) is 0 Å². The minimum absolute atomic E-state index is 0.398. The second-order valence-corrected chi connectivity index (χ2v) is 7.55. The van der Waals surface area contributed by atoms with Crippen LogP contribution in [0.1, 0.15) is 37.6 Å². The van der Waals surface area contributed by atoms with Crippen LogP contribution in [0.15, 0.2) is 61.3 Å². The first-order valence-corrected chi connectivity index (χ1v) is 8.77. The summed E-state index contributed by atoms with van der Waals surface area (Å²) in [7, 11) is 0. The molecule has 3 aromatic rings. The first-order chi connectivity index (χ1) is 12.9. The lowest BCUT2D eigenvalue weighted by Crippen LogP contribution is -2.42. The zero-order chi connectivity index (χ0) is 19.5. The first kappa shape index (κ1) is 18.7. The van der Waals surface area contributed by atoms with Crippen molar-refractivity contribution in [1.82, 2.24) is 15.0 Å². The van der Waals surface area contributed by atoms with E-state index in [2.05, 4.69) is 21.0 Å². The summed E-state index contributed by atoms with van der Waals surface area (Å²) in [5.74, 6) is 0. The Kier molecular flexibility index (Phi) is 5.02. The molecule has 0 bridgehead atoms. The monoisotopic (exact) mass is 358 g/mol. The number of hydrogen-bond donors (Lipinski definition) is 1. The minimum atomic E-state index is -1.32. The van der Waals surface area contributed by atoms with Gasteiger partial charge >= 0.3 is 0 Å². The molecule has 0 saturated heterocycles. The van der Waals surface area contributed by atoms with Crippen molar-refractivity contribution in [2.24, 2.45) is 5.41 Å². The van der Waals surface area contributed by atoms with Gasteiger partial charge in [-0.1, -0.05) is 51.1 Å². The molecule has 0 amide bonds. The molecule has 136 valence electrons. The molecular weight excluding hydrogens is 336 g/mol. The summed E-state index contributed by atoms with van der Waals surface area (Å²) < 4.78 is 0.